The highest BCUT2D eigenvalue weighted by molar-refractivity contribution is 6.14. The van der Waals surface area contributed by atoms with Gasteiger partial charge in [-0.05, 0) is 82.9 Å². The molecule has 322 valence electrons. The molecule has 0 aliphatic heterocycles. The molecule has 0 aliphatic rings. The minimum atomic E-state index is 0.645. The van der Waals surface area contributed by atoms with Crippen LogP contribution >= 0.6 is 0 Å². The Morgan fingerprint density at radius 1 is 0.319 bits per heavy atom. The van der Waals surface area contributed by atoms with Crippen LogP contribution in [0.15, 0.2) is 247 Å². The van der Waals surface area contributed by atoms with Crippen molar-refractivity contribution in [2.24, 2.45) is 0 Å². The molecule has 0 radical (unpaired) electrons. The maximum absolute atomic E-state index is 6.76. The molecule has 4 heterocycles. The fraction of sp³-hybridized carbons (Fsp3) is 0. The summed E-state index contributed by atoms with van der Waals surface area (Å²) in [6.45, 7) is 0. The van der Waals surface area contributed by atoms with E-state index >= 15 is 0 Å². The quantitative estimate of drug-likeness (QED) is 0.160. The Kier molecular flexibility index (Phi) is 8.83. The summed E-state index contributed by atoms with van der Waals surface area (Å²) in [6.07, 6.45) is 0. The van der Waals surface area contributed by atoms with Gasteiger partial charge in [0.2, 0.25) is 0 Å². The van der Waals surface area contributed by atoms with Crippen molar-refractivity contribution in [2.75, 3.05) is 0 Å². The van der Waals surface area contributed by atoms with Crippen LogP contribution < -0.4 is 0 Å². The number of nitrogens with zero attached hydrogens (tertiary/aromatic N) is 4. The third-order valence-corrected chi connectivity index (χ3v) is 13.7. The first-order valence-corrected chi connectivity index (χ1v) is 23.4. The lowest BCUT2D eigenvalue weighted by molar-refractivity contribution is 0.667. The van der Waals surface area contributed by atoms with E-state index in [4.69, 9.17) is 14.4 Å². The van der Waals surface area contributed by atoms with Gasteiger partial charge < -0.3 is 13.6 Å². The predicted octanol–water partition coefficient (Wildman–Crippen LogP) is 16.9. The Morgan fingerprint density at radius 3 is 1.48 bits per heavy atom. The number of hydrogen-bond acceptors (Lipinski definition) is 3. The zero-order chi connectivity index (χ0) is 45.4. The summed E-state index contributed by atoms with van der Waals surface area (Å²) in [5.74, 6) is 0.645. The second-order valence-electron chi connectivity index (χ2n) is 17.7. The van der Waals surface area contributed by atoms with Crippen LogP contribution in [0.2, 0.25) is 0 Å². The summed E-state index contributed by atoms with van der Waals surface area (Å²) in [5.41, 5.74) is 18.2. The molecule has 0 saturated heterocycles. The molecule has 14 aromatic rings. The number of fused-ring (bicyclic) bond motifs is 9. The molecule has 5 nitrogen and oxygen atoms in total. The van der Waals surface area contributed by atoms with E-state index in [1.54, 1.807) is 0 Å². The zero-order valence-corrected chi connectivity index (χ0v) is 37.3. The number of benzene rings is 10. The van der Waals surface area contributed by atoms with Crippen LogP contribution in [0.5, 0.6) is 0 Å². The molecule has 0 amide bonds. The Balaban J connectivity index is 1.11. The molecule has 0 aliphatic carbocycles. The monoisotopic (exact) mass is 880 g/mol. The minimum Gasteiger partial charge on any atom is -0.452 e. The van der Waals surface area contributed by atoms with E-state index in [0.717, 1.165) is 89.1 Å². The molecule has 0 bridgehead atoms. The summed E-state index contributed by atoms with van der Waals surface area (Å²) in [4.78, 5) is 10.6. The molecule has 0 fully saturated rings. The number of para-hydroxylation sites is 3. The molecule has 0 spiro atoms. The van der Waals surface area contributed by atoms with Gasteiger partial charge in [-0.1, -0.05) is 182 Å². The van der Waals surface area contributed by atoms with Gasteiger partial charge in [-0.15, -0.1) is 0 Å². The van der Waals surface area contributed by atoms with Crippen LogP contribution in [0.3, 0.4) is 0 Å². The van der Waals surface area contributed by atoms with E-state index in [9.17, 15) is 0 Å². The van der Waals surface area contributed by atoms with Crippen molar-refractivity contribution in [2.45, 2.75) is 0 Å². The summed E-state index contributed by atoms with van der Waals surface area (Å²) in [6, 6.07) is 86.6. The fourth-order valence-electron chi connectivity index (χ4n) is 10.6. The lowest BCUT2D eigenvalue weighted by Crippen LogP contribution is -2.03. The Bertz CT molecular complexity index is 4170. The predicted molar refractivity (Wildman–Crippen MR) is 285 cm³/mol. The molecule has 0 unspecified atom stereocenters. The van der Waals surface area contributed by atoms with E-state index in [-0.39, 0.29) is 0 Å². The Labute approximate surface area is 397 Å². The van der Waals surface area contributed by atoms with Gasteiger partial charge in [0.15, 0.2) is 11.4 Å². The van der Waals surface area contributed by atoms with Crippen molar-refractivity contribution in [3.05, 3.63) is 243 Å². The topological polar surface area (TPSA) is 48.8 Å². The second kappa shape index (κ2) is 15.7. The summed E-state index contributed by atoms with van der Waals surface area (Å²) in [5, 5.41) is 5.77. The normalized spacial score (nSPS) is 11.8. The average Bonchev–Trinajstić information content (AvgIpc) is 4.08. The summed E-state index contributed by atoms with van der Waals surface area (Å²) < 4.78 is 11.7. The highest BCUT2D eigenvalue weighted by atomic mass is 16.3. The molecule has 0 N–H and O–H groups in total. The summed E-state index contributed by atoms with van der Waals surface area (Å²) >= 11 is 0. The van der Waals surface area contributed by atoms with Crippen molar-refractivity contribution in [3.8, 4) is 67.4 Å². The smallest absolute Gasteiger partial charge is 0.180 e. The van der Waals surface area contributed by atoms with Crippen LogP contribution in [0, 0.1) is 0 Å². The van der Waals surface area contributed by atoms with Crippen molar-refractivity contribution in [3.63, 3.8) is 0 Å². The first-order valence-electron chi connectivity index (χ1n) is 23.4. The van der Waals surface area contributed by atoms with Crippen molar-refractivity contribution >= 4 is 65.7 Å². The van der Waals surface area contributed by atoms with Gasteiger partial charge in [-0.25, -0.2) is 9.97 Å². The maximum atomic E-state index is 6.76. The number of rotatable bonds is 7. The van der Waals surface area contributed by atoms with Gasteiger partial charge in [0.1, 0.15) is 16.8 Å². The fourth-order valence-corrected chi connectivity index (χ4v) is 10.6. The van der Waals surface area contributed by atoms with Crippen LogP contribution in [0.25, 0.3) is 133 Å². The molecule has 69 heavy (non-hydrogen) atoms. The molecular weight excluding hydrogens is 841 g/mol. The molecule has 14 rings (SSSR count). The molecule has 4 aromatic heterocycles. The van der Waals surface area contributed by atoms with Crippen LogP contribution in [-0.4, -0.2) is 19.1 Å². The number of aromatic nitrogens is 4. The number of hydrogen-bond donors (Lipinski definition) is 0. The highest BCUT2D eigenvalue weighted by Gasteiger charge is 2.26. The average molecular weight is 881 g/mol. The van der Waals surface area contributed by atoms with E-state index in [0.29, 0.717) is 11.4 Å². The third kappa shape index (κ3) is 6.25. The molecule has 0 saturated carbocycles. The van der Waals surface area contributed by atoms with Crippen LogP contribution in [0.4, 0.5) is 0 Å². The van der Waals surface area contributed by atoms with E-state index < -0.39 is 0 Å². The van der Waals surface area contributed by atoms with Gasteiger partial charge in [0.05, 0.1) is 27.8 Å². The van der Waals surface area contributed by atoms with E-state index in [1.165, 1.54) is 32.6 Å². The van der Waals surface area contributed by atoms with Crippen molar-refractivity contribution < 1.29 is 4.42 Å². The third-order valence-electron chi connectivity index (χ3n) is 13.7. The second-order valence-corrected chi connectivity index (χ2v) is 17.7. The van der Waals surface area contributed by atoms with Gasteiger partial charge in [0, 0.05) is 54.9 Å². The zero-order valence-electron chi connectivity index (χ0n) is 37.3. The Hall–Kier alpha value is -9.32. The largest absolute Gasteiger partial charge is 0.452 e. The summed E-state index contributed by atoms with van der Waals surface area (Å²) in [7, 11) is 0. The number of furan rings is 1. The van der Waals surface area contributed by atoms with Gasteiger partial charge >= 0.3 is 0 Å². The van der Waals surface area contributed by atoms with E-state index in [1.807, 2.05) is 36.4 Å². The first kappa shape index (κ1) is 38.9. The molecule has 10 aromatic carbocycles. The van der Waals surface area contributed by atoms with Crippen molar-refractivity contribution in [1.82, 2.24) is 19.1 Å². The van der Waals surface area contributed by atoms with E-state index in [2.05, 4.69) is 215 Å². The lowest BCUT2D eigenvalue weighted by Gasteiger charge is -2.21. The standard InChI is InChI=1S/C64H40N4O/c1-5-19-41(20-6-1)45-33-35-50-54-40-47(67-55-30-16-13-27-48(55)49-28-14-17-31-56(49)67)34-36-57(54)68(58(50)39-45)62-52(42-21-7-2-8-22-42)37-46(38-53(62)43-23-9-3-10-24-43)60-63-61(51-29-15-18-32-59(51)69-63)66-64(65-60)44-25-11-4-12-26-44/h1-40H. The minimum absolute atomic E-state index is 0.645. The highest BCUT2D eigenvalue weighted by Crippen LogP contribution is 2.46. The van der Waals surface area contributed by atoms with Crippen LogP contribution in [0.1, 0.15) is 0 Å². The van der Waals surface area contributed by atoms with Gasteiger partial charge in [0.25, 0.3) is 0 Å². The Morgan fingerprint density at radius 2 is 0.841 bits per heavy atom. The maximum Gasteiger partial charge on any atom is 0.180 e. The molecular formula is C64H40N4O. The molecule has 5 heteroatoms. The van der Waals surface area contributed by atoms with Gasteiger partial charge in [-0.2, -0.15) is 0 Å². The van der Waals surface area contributed by atoms with Gasteiger partial charge in [-0.3, -0.25) is 0 Å². The lowest BCUT2D eigenvalue weighted by atomic mass is 9.91. The van der Waals surface area contributed by atoms with Crippen LogP contribution in [-0.2, 0) is 0 Å². The van der Waals surface area contributed by atoms with Crippen molar-refractivity contribution in [1.29, 1.82) is 0 Å². The molecule has 0 atom stereocenters. The first-order chi connectivity index (χ1) is 34.2. The SMILES string of the molecule is c1ccc(-c2ccc3c4cc(-n5c6ccccc6c6ccccc65)ccc4n(-c4c(-c5ccccc5)cc(-c5nc(-c6ccccc6)nc6c5oc5ccccc56)cc4-c4ccccc4)c3c2)cc1.